The van der Waals surface area contributed by atoms with Crippen molar-refractivity contribution in [3.63, 3.8) is 0 Å². The molecule has 0 N–H and O–H groups in total. The molecular weight excluding hydrogens is 193 g/mol. The molecule has 0 nitrogen and oxygen atoms in total. The third-order valence-electron chi connectivity index (χ3n) is 0. The summed E-state index contributed by atoms with van der Waals surface area (Å²) in [5.41, 5.74) is 0. The summed E-state index contributed by atoms with van der Waals surface area (Å²) in [5, 5.41) is 0. The first-order valence-corrected chi connectivity index (χ1v) is 5.12. The van der Waals surface area contributed by atoms with Crippen LogP contribution < -0.4 is 0 Å². The molecule has 0 aliphatic rings. The summed E-state index contributed by atoms with van der Waals surface area (Å²) in [6, 6.07) is 0. The molecule has 0 radical (unpaired) electrons. The Morgan fingerprint density at radius 3 is 1.00 bits per heavy atom. The Balaban J connectivity index is -0.00000000500. The van der Waals surface area contributed by atoms with Crippen LogP contribution in [0.4, 0.5) is 0 Å². The molecule has 0 aromatic rings. The van der Waals surface area contributed by atoms with Crippen molar-refractivity contribution in [2.24, 2.45) is 0 Å². The van der Waals surface area contributed by atoms with Gasteiger partial charge in [0.15, 0.2) is 0 Å². The molecule has 1 atom stereocenters. The zero-order valence-corrected chi connectivity index (χ0v) is 7.14. The van der Waals surface area contributed by atoms with Crippen LogP contribution in [-0.2, 0) is 24.1 Å². The molecule has 1 unspecified atom stereocenters. The fourth-order valence-electron chi connectivity index (χ4n) is 0. The van der Waals surface area contributed by atoms with Crippen molar-refractivity contribution >= 4 is 31.3 Å². The van der Waals surface area contributed by atoms with Crippen LogP contribution in [0.5, 0.6) is 0 Å². The Morgan fingerprint density at radius 2 is 1.00 bits per heavy atom. The zero-order chi connectivity index (χ0) is 2.00. The Morgan fingerprint density at radius 1 is 1.00 bits per heavy atom. The van der Waals surface area contributed by atoms with E-state index in [9.17, 15) is 0 Å². The summed E-state index contributed by atoms with van der Waals surface area (Å²) < 4.78 is 0. The van der Waals surface area contributed by atoms with E-state index in [1.165, 1.54) is 24.1 Å². The molecule has 0 aliphatic carbocycles. The second-order valence-electron chi connectivity index (χ2n) is 0. The van der Waals surface area contributed by atoms with Crippen LogP contribution in [0.15, 0.2) is 0 Å². The first-order chi connectivity index (χ1) is 1.00. The molecule has 0 rings (SSSR count). The second kappa shape index (κ2) is 20.7. The van der Waals surface area contributed by atoms with Gasteiger partial charge < -0.3 is 0 Å². The third-order valence-corrected chi connectivity index (χ3v) is 0. The van der Waals surface area contributed by atoms with E-state index in [0.717, 1.165) is 0 Å². The van der Waals surface area contributed by atoms with E-state index in [0.29, 0.717) is 0 Å². The first-order valence-electron chi connectivity index (χ1n) is 0.289. The zero-order valence-electron chi connectivity index (χ0n) is 1.89. The normalized spacial score (nSPS) is 1.00. The fraction of sp³-hybridized carbons (Fsp3) is 0. The number of halogens is 2. The number of rotatable bonds is 0. The van der Waals surface area contributed by atoms with Gasteiger partial charge in [-0.25, -0.2) is 0 Å². The maximum atomic E-state index is 2.51. The topological polar surface area (TPSA) is 0 Å². The SMILES string of the molecule is Cl.Cl.[PH2][Zr]. The van der Waals surface area contributed by atoms with Crippen molar-refractivity contribution in [2.45, 2.75) is 0 Å². The molecule has 0 bridgehead atoms. The van der Waals surface area contributed by atoms with Crippen LogP contribution >= 0.6 is 31.3 Å². The molecule has 27 valence electrons. The maximum absolute atomic E-state index is 2.51. The average molecular weight is 197 g/mol. The quantitative estimate of drug-likeness (QED) is 0.511. The van der Waals surface area contributed by atoms with Crippen LogP contribution in [0.2, 0.25) is 0 Å². The summed E-state index contributed by atoms with van der Waals surface area (Å²) in [6.45, 7) is 2.51. The second-order valence-corrected chi connectivity index (χ2v) is 0. The van der Waals surface area contributed by atoms with Gasteiger partial charge in [0.25, 0.3) is 0 Å². The molecule has 0 aromatic carbocycles. The summed E-state index contributed by atoms with van der Waals surface area (Å²) in [4.78, 5) is 0. The molecule has 0 amide bonds. The van der Waals surface area contributed by atoms with Crippen molar-refractivity contribution in [2.75, 3.05) is 0 Å². The minimum atomic E-state index is 0. The summed E-state index contributed by atoms with van der Waals surface area (Å²) >= 11 is 1.47. The van der Waals surface area contributed by atoms with E-state index in [1.54, 1.807) is 0 Å². The van der Waals surface area contributed by atoms with Gasteiger partial charge in [0.1, 0.15) is 0 Å². The molecule has 0 saturated carbocycles. The molecule has 4 heteroatoms. The molecule has 0 fully saturated rings. The van der Waals surface area contributed by atoms with Gasteiger partial charge in [-0.15, -0.1) is 24.8 Å². The Hall–Kier alpha value is 1.89. The number of hydrogen-bond donors (Lipinski definition) is 0. The molecule has 0 saturated heterocycles. The molecule has 0 aliphatic heterocycles. The fourth-order valence-corrected chi connectivity index (χ4v) is 0. The molecular formula is H4Cl2PZr. The predicted molar refractivity (Wildman–Crippen MR) is 24.2 cm³/mol. The first kappa shape index (κ1) is 16.9. The van der Waals surface area contributed by atoms with Gasteiger partial charge in [-0.2, -0.15) is 0 Å². The van der Waals surface area contributed by atoms with Gasteiger partial charge in [-0.1, -0.05) is 0 Å². The molecule has 4 heavy (non-hydrogen) atoms. The van der Waals surface area contributed by atoms with Crippen LogP contribution in [0, 0.1) is 0 Å². The Bertz CT molecular complexity index is 6.00. The van der Waals surface area contributed by atoms with E-state index >= 15 is 0 Å². The van der Waals surface area contributed by atoms with Gasteiger partial charge in [-0.3, -0.25) is 0 Å². The van der Waals surface area contributed by atoms with Crippen molar-refractivity contribution in [1.82, 2.24) is 0 Å². The van der Waals surface area contributed by atoms with Gasteiger partial charge in [0.05, 0.1) is 0 Å². The third kappa shape index (κ3) is 9.09. The van der Waals surface area contributed by atoms with Crippen molar-refractivity contribution in [3.8, 4) is 0 Å². The van der Waals surface area contributed by atoms with Gasteiger partial charge in [-0.05, 0) is 0 Å². The predicted octanol–water partition coefficient (Wildman–Crippen LogP) is 1.17. The van der Waals surface area contributed by atoms with E-state index in [4.69, 9.17) is 0 Å². The summed E-state index contributed by atoms with van der Waals surface area (Å²) in [7, 11) is 0. The monoisotopic (exact) mass is 195 g/mol. The molecule has 0 aromatic heterocycles. The summed E-state index contributed by atoms with van der Waals surface area (Å²) in [6.07, 6.45) is 0. The van der Waals surface area contributed by atoms with Crippen LogP contribution in [0.1, 0.15) is 0 Å². The summed E-state index contributed by atoms with van der Waals surface area (Å²) in [5.74, 6) is 0. The van der Waals surface area contributed by atoms with E-state index < -0.39 is 0 Å². The standard InChI is InChI=1S/2ClH.H2P.Zr/h2*1H;1H2;/q;;-1;+1. The van der Waals surface area contributed by atoms with Gasteiger partial charge in [0, 0.05) is 0 Å². The van der Waals surface area contributed by atoms with E-state index in [1.807, 2.05) is 0 Å². The average Bonchev–Trinajstić information content (AvgIpc) is 1.00. The Labute approximate surface area is 55.2 Å². The van der Waals surface area contributed by atoms with Crippen molar-refractivity contribution in [3.05, 3.63) is 0 Å². The van der Waals surface area contributed by atoms with Crippen molar-refractivity contribution in [1.29, 1.82) is 0 Å². The molecule has 0 spiro atoms. The van der Waals surface area contributed by atoms with E-state index in [2.05, 4.69) is 6.53 Å². The van der Waals surface area contributed by atoms with Gasteiger partial charge >= 0.3 is 30.7 Å². The molecule has 0 heterocycles. The minimum absolute atomic E-state index is 0. The Kier molecular flexibility index (Phi) is 87.2. The van der Waals surface area contributed by atoms with E-state index in [-0.39, 0.29) is 24.8 Å². The van der Waals surface area contributed by atoms with Crippen LogP contribution in [0.25, 0.3) is 0 Å². The number of hydrogen-bond acceptors (Lipinski definition) is 0. The van der Waals surface area contributed by atoms with Gasteiger partial charge in [0.2, 0.25) is 0 Å². The van der Waals surface area contributed by atoms with Crippen molar-refractivity contribution < 1.29 is 24.1 Å². The van der Waals surface area contributed by atoms with Crippen LogP contribution in [0.3, 0.4) is 0 Å². The van der Waals surface area contributed by atoms with Crippen LogP contribution in [-0.4, -0.2) is 0 Å².